The third-order valence-corrected chi connectivity index (χ3v) is 5.12. The lowest BCUT2D eigenvalue weighted by Gasteiger charge is -2.30. The van der Waals surface area contributed by atoms with Crippen molar-refractivity contribution in [2.24, 2.45) is 0 Å². The van der Waals surface area contributed by atoms with Gasteiger partial charge in [0.1, 0.15) is 12.1 Å². The van der Waals surface area contributed by atoms with E-state index in [1.165, 1.54) is 22.2 Å². The molecule has 0 saturated carbocycles. The highest BCUT2D eigenvalue weighted by Crippen LogP contribution is 2.40. The van der Waals surface area contributed by atoms with Crippen LogP contribution in [0.5, 0.6) is 11.6 Å². The van der Waals surface area contributed by atoms with Crippen molar-refractivity contribution in [3.63, 3.8) is 0 Å². The van der Waals surface area contributed by atoms with Crippen molar-refractivity contribution in [3.8, 4) is 11.6 Å². The van der Waals surface area contributed by atoms with Gasteiger partial charge >= 0.3 is 0 Å². The Bertz CT molecular complexity index is 832. The van der Waals surface area contributed by atoms with E-state index < -0.39 is 0 Å². The SMILES string of the molecule is CCOc1cccc(C(c2sc3ncnn3c2O)N(CC)CCO)c1. The molecule has 0 bridgehead atoms. The van der Waals surface area contributed by atoms with Crippen molar-refractivity contribution in [2.75, 3.05) is 26.3 Å². The van der Waals surface area contributed by atoms with Crippen LogP contribution in [0.2, 0.25) is 0 Å². The minimum Gasteiger partial charge on any atom is -0.494 e. The minimum absolute atomic E-state index is 0.0387. The minimum atomic E-state index is -0.217. The van der Waals surface area contributed by atoms with Gasteiger partial charge in [0, 0.05) is 6.54 Å². The van der Waals surface area contributed by atoms with Crippen molar-refractivity contribution in [1.82, 2.24) is 19.5 Å². The summed E-state index contributed by atoms with van der Waals surface area (Å²) in [6, 6.07) is 7.61. The molecule has 2 N–H and O–H groups in total. The van der Waals surface area contributed by atoms with Crippen LogP contribution in [-0.2, 0) is 0 Å². The molecule has 0 aliphatic carbocycles. The molecule has 3 aromatic rings. The first-order valence-corrected chi connectivity index (χ1v) is 9.10. The Labute approximate surface area is 150 Å². The first kappa shape index (κ1) is 17.7. The molecule has 7 nitrogen and oxygen atoms in total. The molecule has 1 unspecified atom stereocenters. The van der Waals surface area contributed by atoms with Crippen LogP contribution in [0.15, 0.2) is 30.6 Å². The van der Waals surface area contributed by atoms with Gasteiger partial charge in [0.05, 0.1) is 24.1 Å². The highest BCUT2D eigenvalue weighted by atomic mass is 32.1. The van der Waals surface area contributed by atoms with Gasteiger partial charge in [0.25, 0.3) is 0 Å². The number of hydrogen-bond donors (Lipinski definition) is 2. The second kappa shape index (κ2) is 7.81. The van der Waals surface area contributed by atoms with Crippen LogP contribution < -0.4 is 4.74 Å². The quantitative estimate of drug-likeness (QED) is 0.640. The molecule has 0 amide bonds. The molecule has 0 fully saturated rings. The van der Waals surface area contributed by atoms with Crippen molar-refractivity contribution in [1.29, 1.82) is 0 Å². The first-order valence-electron chi connectivity index (χ1n) is 8.28. The number of thiazole rings is 1. The van der Waals surface area contributed by atoms with E-state index in [1.807, 2.05) is 38.1 Å². The van der Waals surface area contributed by atoms with Crippen LogP contribution in [0.4, 0.5) is 0 Å². The van der Waals surface area contributed by atoms with Gasteiger partial charge in [-0.15, -0.1) is 0 Å². The normalized spacial score (nSPS) is 12.8. The monoisotopic (exact) mass is 362 g/mol. The number of aliphatic hydroxyl groups excluding tert-OH is 1. The number of ether oxygens (including phenoxy) is 1. The van der Waals surface area contributed by atoms with E-state index in [0.29, 0.717) is 18.1 Å². The fourth-order valence-electron chi connectivity index (χ4n) is 2.94. The molecule has 0 radical (unpaired) electrons. The fraction of sp³-hybridized carbons (Fsp3) is 0.412. The van der Waals surface area contributed by atoms with Crippen LogP contribution in [0.25, 0.3) is 4.96 Å². The number of nitrogens with zero attached hydrogens (tertiary/aromatic N) is 4. The smallest absolute Gasteiger partial charge is 0.230 e. The number of benzene rings is 1. The summed E-state index contributed by atoms with van der Waals surface area (Å²) in [7, 11) is 0. The maximum atomic E-state index is 10.6. The number of rotatable bonds is 8. The Kier molecular flexibility index (Phi) is 5.52. The Hall–Kier alpha value is -2.16. The molecular formula is C17H22N4O3S. The predicted octanol–water partition coefficient (Wildman–Crippen LogP) is 2.30. The largest absolute Gasteiger partial charge is 0.494 e. The third-order valence-electron chi connectivity index (χ3n) is 4.03. The lowest BCUT2D eigenvalue weighted by Crippen LogP contribution is -2.31. The summed E-state index contributed by atoms with van der Waals surface area (Å²) in [6.07, 6.45) is 1.42. The lowest BCUT2D eigenvalue weighted by atomic mass is 10.0. The zero-order valence-corrected chi connectivity index (χ0v) is 15.1. The topological polar surface area (TPSA) is 83.1 Å². The predicted molar refractivity (Wildman–Crippen MR) is 96.3 cm³/mol. The van der Waals surface area contributed by atoms with Crippen molar-refractivity contribution in [3.05, 3.63) is 41.0 Å². The zero-order chi connectivity index (χ0) is 17.8. The van der Waals surface area contributed by atoms with Gasteiger partial charge in [0.2, 0.25) is 10.8 Å². The fourth-order valence-corrected chi connectivity index (χ4v) is 4.03. The summed E-state index contributed by atoms with van der Waals surface area (Å²) >= 11 is 1.40. The molecule has 0 saturated heterocycles. The molecular weight excluding hydrogens is 340 g/mol. The molecule has 0 aliphatic rings. The number of aliphatic hydroxyl groups is 1. The van der Waals surface area contributed by atoms with Crippen molar-refractivity contribution < 1.29 is 14.9 Å². The second-order valence-electron chi connectivity index (χ2n) is 5.50. The maximum Gasteiger partial charge on any atom is 0.230 e. The Morgan fingerprint density at radius 2 is 2.20 bits per heavy atom. The van der Waals surface area contributed by atoms with Gasteiger partial charge in [-0.1, -0.05) is 30.4 Å². The molecule has 1 atom stereocenters. The molecule has 3 rings (SSSR count). The van der Waals surface area contributed by atoms with Crippen LogP contribution in [-0.4, -0.2) is 56.0 Å². The molecule has 0 spiro atoms. The molecule has 134 valence electrons. The summed E-state index contributed by atoms with van der Waals surface area (Å²) in [5, 5.41) is 24.2. The zero-order valence-electron chi connectivity index (χ0n) is 14.3. The number of hydrogen-bond acceptors (Lipinski definition) is 7. The van der Waals surface area contributed by atoms with E-state index in [-0.39, 0.29) is 18.5 Å². The van der Waals surface area contributed by atoms with Crippen LogP contribution in [0.3, 0.4) is 0 Å². The highest BCUT2D eigenvalue weighted by Gasteiger charge is 2.28. The first-order chi connectivity index (χ1) is 12.2. The standard InChI is InChI=1S/C17H22N4O3S/c1-3-20(8-9-22)14(12-6-5-7-13(10-12)24-4-2)15-16(23)21-17(25-15)18-11-19-21/h5-7,10-11,14,22-23H,3-4,8-9H2,1-2H3. The molecule has 2 aromatic heterocycles. The Morgan fingerprint density at radius 1 is 1.36 bits per heavy atom. The second-order valence-corrected chi connectivity index (χ2v) is 6.51. The van der Waals surface area contributed by atoms with E-state index in [0.717, 1.165) is 22.7 Å². The number of aromatic hydroxyl groups is 1. The van der Waals surface area contributed by atoms with E-state index in [1.54, 1.807) is 0 Å². The third kappa shape index (κ3) is 3.46. The molecule has 2 heterocycles. The molecule has 0 aliphatic heterocycles. The Morgan fingerprint density at radius 3 is 2.88 bits per heavy atom. The van der Waals surface area contributed by atoms with Gasteiger partial charge in [-0.3, -0.25) is 4.90 Å². The van der Waals surface area contributed by atoms with Gasteiger partial charge in [0.15, 0.2) is 0 Å². The van der Waals surface area contributed by atoms with E-state index in [2.05, 4.69) is 15.0 Å². The number of aromatic nitrogens is 3. The van der Waals surface area contributed by atoms with E-state index in [4.69, 9.17) is 4.74 Å². The van der Waals surface area contributed by atoms with Gasteiger partial charge in [-0.05, 0) is 31.2 Å². The van der Waals surface area contributed by atoms with Gasteiger partial charge in [-0.25, -0.2) is 4.98 Å². The summed E-state index contributed by atoms with van der Waals surface area (Å²) < 4.78 is 7.06. The van der Waals surface area contributed by atoms with Crippen LogP contribution in [0, 0.1) is 0 Å². The average molecular weight is 362 g/mol. The molecule has 8 heteroatoms. The Balaban J connectivity index is 2.10. The van der Waals surface area contributed by atoms with Crippen molar-refractivity contribution in [2.45, 2.75) is 19.9 Å². The van der Waals surface area contributed by atoms with E-state index in [9.17, 15) is 10.2 Å². The summed E-state index contributed by atoms with van der Waals surface area (Å²) in [5.41, 5.74) is 0.987. The van der Waals surface area contributed by atoms with Gasteiger partial charge in [-0.2, -0.15) is 9.61 Å². The molecule has 25 heavy (non-hydrogen) atoms. The summed E-state index contributed by atoms with van der Waals surface area (Å²) in [4.78, 5) is 7.67. The van der Waals surface area contributed by atoms with E-state index >= 15 is 0 Å². The summed E-state index contributed by atoms with van der Waals surface area (Å²) in [6.45, 7) is 5.81. The highest BCUT2D eigenvalue weighted by molar-refractivity contribution is 7.17. The average Bonchev–Trinajstić information content (AvgIpc) is 3.19. The van der Waals surface area contributed by atoms with Crippen molar-refractivity contribution >= 4 is 16.3 Å². The molecule has 1 aromatic carbocycles. The maximum absolute atomic E-state index is 10.6. The number of likely N-dealkylation sites (N-methyl/N-ethyl adjacent to an activating group) is 1. The number of fused-ring (bicyclic) bond motifs is 1. The van der Waals surface area contributed by atoms with Crippen LogP contribution in [0.1, 0.15) is 30.3 Å². The lowest BCUT2D eigenvalue weighted by molar-refractivity contribution is 0.174. The van der Waals surface area contributed by atoms with Gasteiger partial charge < -0.3 is 14.9 Å². The van der Waals surface area contributed by atoms with Crippen LogP contribution >= 0.6 is 11.3 Å². The summed E-state index contributed by atoms with van der Waals surface area (Å²) in [5.74, 6) is 0.865.